The summed E-state index contributed by atoms with van der Waals surface area (Å²) < 4.78 is 33.7. The van der Waals surface area contributed by atoms with Crippen LogP contribution in [0.5, 0.6) is 0 Å². The van der Waals surface area contributed by atoms with Crippen LogP contribution in [0.4, 0.5) is 0 Å². The fourth-order valence-corrected chi connectivity index (χ4v) is 5.20. The van der Waals surface area contributed by atoms with E-state index < -0.39 is 16.0 Å². The molecule has 0 unspecified atom stereocenters. The summed E-state index contributed by atoms with van der Waals surface area (Å²) in [5.74, 6) is -0.607. The van der Waals surface area contributed by atoms with E-state index in [0.717, 1.165) is 10.9 Å². The van der Waals surface area contributed by atoms with E-state index in [1.165, 1.54) is 28.6 Å². The number of hydrogen-bond donors (Lipinski definition) is 1. The lowest BCUT2D eigenvalue weighted by Crippen LogP contribution is -2.32. The average Bonchev–Trinajstić information content (AvgIpc) is 2.85. The van der Waals surface area contributed by atoms with Crippen molar-refractivity contribution >= 4 is 26.9 Å². The standard InChI is InChI=1S/C26H25N3O5S/c1-3-34-26(31)20-7-4-8-23(14-20)35(32,33)29(16-19-6-5-11-27-15-19)17-22-13-21-12-18(2)9-10-24(21)28-25(22)30/h4-15H,3,16-17H2,1-2H3,(H,28,30). The van der Waals surface area contributed by atoms with E-state index in [2.05, 4.69) is 9.97 Å². The number of carbonyl (C=O) groups excluding carboxylic acids is 1. The molecule has 1 N–H and O–H groups in total. The monoisotopic (exact) mass is 491 g/mol. The molecule has 2 aromatic heterocycles. The Balaban J connectivity index is 1.77. The van der Waals surface area contributed by atoms with Gasteiger partial charge in [0, 0.05) is 36.6 Å². The molecule has 4 rings (SSSR count). The third-order valence-corrected chi connectivity index (χ3v) is 7.28. The molecule has 2 heterocycles. The zero-order valence-corrected chi connectivity index (χ0v) is 20.2. The molecule has 0 bridgehead atoms. The molecule has 0 aliphatic carbocycles. The Morgan fingerprint density at radius 2 is 1.89 bits per heavy atom. The van der Waals surface area contributed by atoms with Crippen LogP contribution in [0.1, 0.15) is 34.0 Å². The second-order valence-electron chi connectivity index (χ2n) is 8.10. The van der Waals surface area contributed by atoms with Crippen molar-refractivity contribution in [2.24, 2.45) is 0 Å². The number of fused-ring (bicyclic) bond motifs is 1. The van der Waals surface area contributed by atoms with Crippen molar-refractivity contribution in [2.75, 3.05) is 6.61 Å². The number of ether oxygens (including phenoxy) is 1. The molecule has 0 radical (unpaired) electrons. The summed E-state index contributed by atoms with van der Waals surface area (Å²) in [4.78, 5) is 31.9. The number of esters is 1. The van der Waals surface area contributed by atoms with Gasteiger partial charge in [-0.25, -0.2) is 13.2 Å². The van der Waals surface area contributed by atoms with E-state index in [9.17, 15) is 18.0 Å². The Kier molecular flexibility index (Phi) is 7.09. The molecule has 0 atom stereocenters. The summed E-state index contributed by atoms with van der Waals surface area (Å²) in [6, 6.07) is 16.5. The molecule has 8 nitrogen and oxygen atoms in total. The Morgan fingerprint density at radius 1 is 1.06 bits per heavy atom. The van der Waals surface area contributed by atoms with Crippen molar-refractivity contribution in [3.63, 3.8) is 0 Å². The number of aryl methyl sites for hydroxylation is 1. The number of benzene rings is 2. The summed E-state index contributed by atoms with van der Waals surface area (Å²) in [6.07, 6.45) is 3.17. The molecule has 2 aromatic carbocycles. The zero-order chi connectivity index (χ0) is 25.0. The highest BCUT2D eigenvalue weighted by molar-refractivity contribution is 7.89. The number of pyridine rings is 2. The van der Waals surface area contributed by atoms with Crippen molar-refractivity contribution in [1.29, 1.82) is 0 Å². The largest absolute Gasteiger partial charge is 0.462 e. The lowest BCUT2D eigenvalue weighted by atomic mass is 10.1. The van der Waals surface area contributed by atoms with Crippen LogP contribution in [0.15, 0.2) is 82.7 Å². The van der Waals surface area contributed by atoms with Crippen molar-refractivity contribution in [3.05, 3.63) is 106 Å². The van der Waals surface area contributed by atoms with Crippen LogP contribution in [0.2, 0.25) is 0 Å². The highest BCUT2D eigenvalue weighted by Crippen LogP contribution is 2.23. The molecule has 4 aromatic rings. The maximum Gasteiger partial charge on any atom is 0.338 e. The minimum atomic E-state index is -4.10. The molecule has 180 valence electrons. The fourth-order valence-electron chi connectivity index (χ4n) is 3.75. The zero-order valence-electron chi connectivity index (χ0n) is 19.4. The van der Waals surface area contributed by atoms with Crippen LogP contribution in [-0.2, 0) is 27.8 Å². The molecule has 0 aliphatic heterocycles. The Bertz CT molecular complexity index is 1530. The van der Waals surface area contributed by atoms with Crippen LogP contribution in [0.25, 0.3) is 10.9 Å². The average molecular weight is 492 g/mol. The lowest BCUT2D eigenvalue weighted by Gasteiger charge is -2.22. The van der Waals surface area contributed by atoms with Crippen molar-refractivity contribution in [1.82, 2.24) is 14.3 Å². The van der Waals surface area contributed by atoms with Crippen molar-refractivity contribution < 1.29 is 17.9 Å². The second-order valence-corrected chi connectivity index (χ2v) is 10.0. The first-order chi connectivity index (χ1) is 16.8. The quantitative estimate of drug-likeness (QED) is 0.376. The third kappa shape index (κ3) is 5.47. The molecule has 0 amide bonds. The summed E-state index contributed by atoms with van der Waals surface area (Å²) in [6.45, 7) is 3.62. The number of hydrogen-bond acceptors (Lipinski definition) is 6. The number of sulfonamides is 1. The first kappa shape index (κ1) is 24.3. The van der Waals surface area contributed by atoms with Crippen LogP contribution < -0.4 is 5.56 Å². The predicted octanol–water partition coefficient (Wildman–Crippen LogP) is 3.80. The van der Waals surface area contributed by atoms with Gasteiger partial charge in [-0.3, -0.25) is 9.78 Å². The van der Waals surface area contributed by atoms with E-state index in [4.69, 9.17) is 4.74 Å². The van der Waals surface area contributed by atoms with Gasteiger partial charge in [-0.15, -0.1) is 0 Å². The molecule has 0 saturated carbocycles. The maximum atomic E-state index is 13.7. The van der Waals surface area contributed by atoms with E-state index in [-0.39, 0.29) is 35.7 Å². The molecular formula is C26H25N3O5S. The van der Waals surface area contributed by atoms with Crippen LogP contribution in [-0.4, -0.2) is 35.3 Å². The highest BCUT2D eigenvalue weighted by atomic mass is 32.2. The number of nitrogens with zero attached hydrogens (tertiary/aromatic N) is 2. The number of H-pyrrole nitrogens is 1. The Hall–Kier alpha value is -3.82. The van der Waals surface area contributed by atoms with Gasteiger partial charge in [0.2, 0.25) is 10.0 Å². The van der Waals surface area contributed by atoms with Gasteiger partial charge in [0.05, 0.1) is 17.1 Å². The molecule has 0 spiro atoms. The Morgan fingerprint density at radius 3 is 2.63 bits per heavy atom. The fraction of sp³-hybridized carbons (Fsp3) is 0.192. The van der Waals surface area contributed by atoms with Gasteiger partial charge >= 0.3 is 5.97 Å². The molecule has 0 aliphatic rings. The van der Waals surface area contributed by atoms with Gasteiger partial charge < -0.3 is 9.72 Å². The SMILES string of the molecule is CCOC(=O)c1cccc(S(=O)(=O)N(Cc2cccnc2)Cc2cc3cc(C)ccc3[nH]c2=O)c1. The minimum absolute atomic E-state index is 0.00883. The van der Waals surface area contributed by atoms with Crippen LogP contribution >= 0.6 is 0 Å². The molecule has 0 fully saturated rings. The summed E-state index contributed by atoms with van der Waals surface area (Å²) in [5.41, 5.74) is 2.42. The van der Waals surface area contributed by atoms with Crippen LogP contribution in [0.3, 0.4) is 0 Å². The van der Waals surface area contributed by atoms with E-state index in [1.54, 1.807) is 37.5 Å². The highest BCUT2D eigenvalue weighted by Gasteiger charge is 2.27. The number of aromatic nitrogens is 2. The molecular weight excluding hydrogens is 466 g/mol. The van der Waals surface area contributed by atoms with Gasteiger partial charge in [0.15, 0.2) is 0 Å². The molecule has 35 heavy (non-hydrogen) atoms. The van der Waals surface area contributed by atoms with E-state index >= 15 is 0 Å². The Labute approximate surface area is 203 Å². The first-order valence-electron chi connectivity index (χ1n) is 11.1. The van der Waals surface area contributed by atoms with Gasteiger partial charge in [-0.1, -0.05) is 23.8 Å². The summed E-state index contributed by atoms with van der Waals surface area (Å²) in [5, 5.41) is 0.808. The maximum absolute atomic E-state index is 13.7. The second kappa shape index (κ2) is 10.2. The number of rotatable bonds is 8. The number of aromatic amines is 1. The third-order valence-electron chi connectivity index (χ3n) is 5.49. The summed E-state index contributed by atoms with van der Waals surface area (Å²) >= 11 is 0. The first-order valence-corrected chi connectivity index (χ1v) is 12.5. The summed E-state index contributed by atoms with van der Waals surface area (Å²) in [7, 11) is -4.10. The topological polar surface area (TPSA) is 109 Å². The van der Waals surface area contributed by atoms with Gasteiger partial charge in [-0.2, -0.15) is 4.31 Å². The van der Waals surface area contributed by atoms with E-state index in [1.807, 2.05) is 25.1 Å². The van der Waals surface area contributed by atoms with Crippen molar-refractivity contribution in [2.45, 2.75) is 31.8 Å². The lowest BCUT2D eigenvalue weighted by molar-refractivity contribution is 0.0526. The van der Waals surface area contributed by atoms with Gasteiger partial charge in [0.25, 0.3) is 5.56 Å². The normalized spacial score (nSPS) is 11.6. The minimum Gasteiger partial charge on any atom is -0.462 e. The van der Waals surface area contributed by atoms with Crippen molar-refractivity contribution in [3.8, 4) is 0 Å². The van der Waals surface area contributed by atoms with Gasteiger partial charge in [-0.05, 0) is 67.3 Å². The number of nitrogens with one attached hydrogen (secondary N) is 1. The number of carbonyl (C=O) groups is 1. The molecule has 0 saturated heterocycles. The van der Waals surface area contributed by atoms with E-state index in [0.29, 0.717) is 16.6 Å². The smallest absolute Gasteiger partial charge is 0.338 e. The van der Waals surface area contributed by atoms with Crippen LogP contribution in [0, 0.1) is 6.92 Å². The predicted molar refractivity (Wildman–Crippen MR) is 132 cm³/mol. The molecule has 9 heteroatoms. The van der Waals surface area contributed by atoms with Gasteiger partial charge in [0.1, 0.15) is 0 Å².